The van der Waals surface area contributed by atoms with Crippen LogP contribution < -0.4 is 0 Å². The first-order valence-corrected chi connectivity index (χ1v) is 5.55. The molecule has 0 aliphatic carbocycles. The van der Waals surface area contributed by atoms with Gasteiger partial charge in [-0.1, -0.05) is 45.0 Å². The quantitative estimate of drug-likeness (QED) is 0.700. The van der Waals surface area contributed by atoms with E-state index in [0.29, 0.717) is 5.69 Å². The molecule has 2 aromatic rings. The number of hydrogen-bond acceptors (Lipinski definition) is 2. The highest BCUT2D eigenvalue weighted by Gasteiger charge is 2.13. The average molecular weight is 230 g/mol. The van der Waals surface area contributed by atoms with Crippen LogP contribution in [-0.2, 0) is 5.41 Å². The third kappa shape index (κ3) is 2.67. The molecule has 2 nitrogen and oxygen atoms in total. The second kappa shape index (κ2) is 4.24. The van der Waals surface area contributed by atoms with Crippen molar-refractivity contribution in [3.05, 3.63) is 48.2 Å². The molecular weight excluding hydrogens is 215 g/mol. The molecule has 1 heterocycles. The molecule has 17 heavy (non-hydrogen) atoms. The summed E-state index contributed by atoms with van der Waals surface area (Å²) in [7, 11) is 0. The van der Waals surface area contributed by atoms with Crippen LogP contribution in [0.4, 0.5) is 4.39 Å². The van der Waals surface area contributed by atoms with Crippen LogP contribution in [0.1, 0.15) is 26.3 Å². The van der Waals surface area contributed by atoms with Gasteiger partial charge in [-0.15, -0.1) is 0 Å². The lowest BCUT2D eigenvalue weighted by molar-refractivity contribution is 0.580. The number of rotatable bonds is 1. The van der Waals surface area contributed by atoms with Crippen LogP contribution in [-0.4, -0.2) is 9.97 Å². The summed E-state index contributed by atoms with van der Waals surface area (Å²) < 4.78 is 13.0. The molecule has 0 unspecified atom stereocenters. The second-order valence-electron chi connectivity index (χ2n) is 5.05. The fourth-order valence-electron chi connectivity index (χ4n) is 1.63. The zero-order valence-electron chi connectivity index (χ0n) is 10.2. The van der Waals surface area contributed by atoms with Crippen molar-refractivity contribution < 1.29 is 4.39 Å². The van der Waals surface area contributed by atoms with Crippen molar-refractivity contribution in [2.45, 2.75) is 26.2 Å². The largest absolute Gasteiger partial charge is 0.236 e. The van der Waals surface area contributed by atoms with Crippen LogP contribution in [0.3, 0.4) is 0 Å². The molecule has 0 saturated carbocycles. The molecule has 1 aromatic heterocycles. The summed E-state index contributed by atoms with van der Waals surface area (Å²) in [5.41, 5.74) is 2.88. The van der Waals surface area contributed by atoms with E-state index in [-0.39, 0.29) is 5.41 Å². The predicted octanol–water partition coefficient (Wildman–Crippen LogP) is 3.58. The molecule has 0 fully saturated rings. The maximum Gasteiger partial charge on any atom is 0.216 e. The van der Waals surface area contributed by atoms with Gasteiger partial charge in [0.2, 0.25) is 5.95 Å². The number of nitrogens with zero attached hydrogens (tertiary/aromatic N) is 2. The maximum atomic E-state index is 13.0. The Morgan fingerprint density at radius 2 is 1.65 bits per heavy atom. The number of hydrogen-bond donors (Lipinski definition) is 0. The third-order valence-electron chi connectivity index (χ3n) is 2.68. The molecule has 0 N–H and O–H groups in total. The number of halogens is 1. The fourth-order valence-corrected chi connectivity index (χ4v) is 1.63. The van der Waals surface area contributed by atoms with E-state index in [2.05, 4.69) is 42.9 Å². The number of aromatic nitrogens is 2. The predicted molar refractivity (Wildman–Crippen MR) is 66.1 cm³/mol. The lowest BCUT2D eigenvalue weighted by atomic mass is 9.86. The Kier molecular flexibility index (Phi) is 2.92. The summed E-state index contributed by atoms with van der Waals surface area (Å²) in [5.74, 6) is -0.505. The van der Waals surface area contributed by atoms with Crippen molar-refractivity contribution in [3.63, 3.8) is 0 Å². The van der Waals surface area contributed by atoms with Crippen LogP contribution in [0.15, 0.2) is 36.7 Å². The van der Waals surface area contributed by atoms with E-state index in [4.69, 9.17) is 0 Å². The summed E-state index contributed by atoms with van der Waals surface area (Å²) >= 11 is 0. The first kappa shape index (κ1) is 11.7. The third-order valence-corrected chi connectivity index (χ3v) is 2.68. The van der Waals surface area contributed by atoms with Crippen molar-refractivity contribution in [1.29, 1.82) is 0 Å². The van der Waals surface area contributed by atoms with Gasteiger partial charge >= 0.3 is 0 Å². The van der Waals surface area contributed by atoms with Crippen molar-refractivity contribution in [2.75, 3.05) is 0 Å². The lowest BCUT2D eigenvalue weighted by Crippen LogP contribution is -2.10. The first-order valence-electron chi connectivity index (χ1n) is 5.55. The Balaban J connectivity index is 2.36. The van der Waals surface area contributed by atoms with Gasteiger partial charge in [0, 0.05) is 11.6 Å². The second-order valence-corrected chi connectivity index (χ2v) is 5.05. The SMILES string of the molecule is CC(C)(C)c1ccc(-c2cc(F)ncn2)cc1. The zero-order chi connectivity index (χ0) is 12.5. The van der Waals surface area contributed by atoms with E-state index in [1.165, 1.54) is 18.0 Å². The molecule has 3 heteroatoms. The van der Waals surface area contributed by atoms with Gasteiger partial charge in [-0.05, 0) is 11.0 Å². The van der Waals surface area contributed by atoms with E-state index < -0.39 is 5.95 Å². The summed E-state index contributed by atoms with van der Waals surface area (Å²) in [6.07, 6.45) is 1.24. The highest BCUT2D eigenvalue weighted by atomic mass is 19.1. The van der Waals surface area contributed by atoms with Crippen LogP contribution in [0.5, 0.6) is 0 Å². The first-order chi connectivity index (χ1) is 7.97. The van der Waals surface area contributed by atoms with Gasteiger partial charge in [-0.2, -0.15) is 4.39 Å². The van der Waals surface area contributed by atoms with Crippen LogP contribution in [0.25, 0.3) is 11.3 Å². The Morgan fingerprint density at radius 3 is 2.18 bits per heavy atom. The van der Waals surface area contributed by atoms with Gasteiger partial charge in [0.15, 0.2) is 0 Å². The Morgan fingerprint density at radius 1 is 1.00 bits per heavy atom. The van der Waals surface area contributed by atoms with Crippen molar-refractivity contribution in [3.8, 4) is 11.3 Å². The van der Waals surface area contributed by atoms with Crippen molar-refractivity contribution in [2.24, 2.45) is 0 Å². The summed E-state index contributed by atoms with van der Waals surface area (Å²) in [5, 5.41) is 0. The zero-order valence-corrected chi connectivity index (χ0v) is 10.2. The van der Waals surface area contributed by atoms with Gasteiger partial charge in [0.1, 0.15) is 6.33 Å². The molecule has 88 valence electrons. The summed E-state index contributed by atoms with van der Waals surface area (Å²) in [6.45, 7) is 6.48. The fraction of sp³-hybridized carbons (Fsp3) is 0.286. The molecule has 0 aliphatic heterocycles. The van der Waals surface area contributed by atoms with Crippen molar-refractivity contribution in [1.82, 2.24) is 9.97 Å². The molecule has 0 amide bonds. The summed E-state index contributed by atoms with van der Waals surface area (Å²) in [4.78, 5) is 7.49. The Labute approximate surface area is 101 Å². The van der Waals surface area contributed by atoms with Crippen LogP contribution in [0, 0.1) is 5.95 Å². The lowest BCUT2D eigenvalue weighted by Gasteiger charge is -2.19. The molecule has 1 aromatic carbocycles. The van der Waals surface area contributed by atoms with Gasteiger partial charge < -0.3 is 0 Å². The Bertz CT molecular complexity index is 512. The summed E-state index contributed by atoms with van der Waals surface area (Å²) in [6, 6.07) is 9.36. The van der Waals surface area contributed by atoms with Gasteiger partial charge in [0.25, 0.3) is 0 Å². The van der Waals surface area contributed by atoms with E-state index in [1.807, 2.05) is 12.1 Å². The van der Waals surface area contributed by atoms with Crippen LogP contribution in [0.2, 0.25) is 0 Å². The topological polar surface area (TPSA) is 25.8 Å². The monoisotopic (exact) mass is 230 g/mol. The molecule has 0 atom stereocenters. The molecular formula is C14H15FN2. The molecule has 0 bridgehead atoms. The number of benzene rings is 1. The minimum absolute atomic E-state index is 0.120. The van der Waals surface area contributed by atoms with Crippen LogP contribution >= 0.6 is 0 Å². The normalized spacial score (nSPS) is 11.5. The van der Waals surface area contributed by atoms with E-state index in [1.54, 1.807) is 0 Å². The molecule has 0 radical (unpaired) electrons. The molecule has 0 saturated heterocycles. The maximum absolute atomic E-state index is 13.0. The van der Waals surface area contributed by atoms with Crippen molar-refractivity contribution >= 4 is 0 Å². The molecule has 2 rings (SSSR count). The van der Waals surface area contributed by atoms with E-state index >= 15 is 0 Å². The molecule has 0 spiro atoms. The van der Waals surface area contributed by atoms with Gasteiger partial charge in [-0.3, -0.25) is 0 Å². The van der Waals surface area contributed by atoms with E-state index in [9.17, 15) is 4.39 Å². The standard InChI is InChI=1S/C14H15FN2/c1-14(2,3)11-6-4-10(5-7-11)12-8-13(15)17-9-16-12/h4-9H,1-3H3. The van der Waals surface area contributed by atoms with Gasteiger partial charge in [0.05, 0.1) is 5.69 Å². The van der Waals surface area contributed by atoms with E-state index in [0.717, 1.165) is 5.56 Å². The smallest absolute Gasteiger partial charge is 0.216 e. The Hall–Kier alpha value is -1.77. The minimum Gasteiger partial charge on any atom is -0.236 e. The highest BCUT2D eigenvalue weighted by Crippen LogP contribution is 2.25. The van der Waals surface area contributed by atoms with Gasteiger partial charge in [-0.25, -0.2) is 9.97 Å². The molecule has 0 aliphatic rings. The highest BCUT2D eigenvalue weighted by molar-refractivity contribution is 5.59. The average Bonchev–Trinajstić information content (AvgIpc) is 2.28. The minimum atomic E-state index is -0.505.